The number of rotatable bonds is 6. The van der Waals surface area contributed by atoms with Gasteiger partial charge in [0.05, 0.1) is 12.9 Å². The predicted octanol–water partition coefficient (Wildman–Crippen LogP) is 2.53. The number of methoxy groups -OCH3 is 1. The van der Waals surface area contributed by atoms with Crippen LogP contribution in [0.4, 0.5) is 0 Å². The van der Waals surface area contributed by atoms with Crippen LogP contribution in [0.3, 0.4) is 0 Å². The monoisotopic (exact) mass is 274 g/mol. The van der Waals surface area contributed by atoms with E-state index in [2.05, 4.69) is 6.92 Å². The minimum absolute atomic E-state index is 0.228. The molecule has 1 aromatic rings. The molecule has 0 fully saturated rings. The molecule has 0 spiro atoms. The van der Waals surface area contributed by atoms with Gasteiger partial charge in [-0.05, 0) is 24.6 Å². The van der Waals surface area contributed by atoms with Gasteiger partial charge in [-0.15, -0.1) is 0 Å². The Labute approximate surface area is 107 Å². The highest BCUT2D eigenvalue weighted by Gasteiger charge is 2.09. The van der Waals surface area contributed by atoms with Crippen LogP contribution < -0.4 is 4.74 Å². The number of sulfone groups is 1. The molecule has 0 N–H and O–H groups in total. The first kappa shape index (κ1) is 14.4. The summed E-state index contributed by atoms with van der Waals surface area (Å²) >= 11 is 1.64. The van der Waals surface area contributed by atoms with Crippen LogP contribution in [0.1, 0.15) is 17.7 Å². The van der Waals surface area contributed by atoms with E-state index in [0.717, 1.165) is 11.3 Å². The molecule has 0 bridgehead atoms. The summed E-state index contributed by atoms with van der Waals surface area (Å²) in [6.07, 6.45) is 1.27. The number of ether oxygens (including phenoxy) is 1. The van der Waals surface area contributed by atoms with Gasteiger partial charge in [0.15, 0.2) is 0 Å². The van der Waals surface area contributed by atoms with Crippen LogP contribution in [0.5, 0.6) is 5.75 Å². The second-order valence-electron chi connectivity index (χ2n) is 3.92. The minimum Gasteiger partial charge on any atom is -0.497 e. The lowest BCUT2D eigenvalue weighted by molar-refractivity contribution is 0.414. The summed E-state index contributed by atoms with van der Waals surface area (Å²) in [5.74, 6) is 1.68. The summed E-state index contributed by atoms with van der Waals surface area (Å²) in [5.41, 5.74) is 1.16. The van der Waals surface area contributed by atoms with E-state index in [9.17, 15) is 8.42 Å². The Morgan fingerprint density at radius 1 is 1.41 bits per heavy atom. The fourth-order valence-electron chi connectivity index (χ4n) is 1.37. The third-order valence-electron chi connectivity index (χ3n) is 2.39. The standard InChI is InChI=1S/C12H18O3S2/c1-10(16-7-8-17(3,13)14)11-5-4-6-12(9-11)15-2/h4-6,9-10H,7-8H2,1-3H3. The van der Waals surface area contributed by atoms with E-state index in [0.29, 0.717) is 5.75 Å². The zero-order valence-corrected chi connectivity index (χ0v) is 12.0. The second-order valence-corrected chi connectivity index (χ2v) is 7.63. The van der Waals surface area contributed by atoms with Crippen molar-refractivity contribution in [3.63, 3.8) is 0 Å². The average molecular weight is 274 g/mol. The summed E-state index contributed by atoms with van der Waals surface area (Å²) in [7, 11) is -1.22. The Morgan fingerprint density at radius 2 is 2.12 bits per heavy atom. The van der Waals surface area contributed by atoms with E-state index < -0.39 is 9.84 Å². The molecule has 0 amide bonds. The second kappa shape index (κ2) is 6.31. The van der Waals surface area contributed by atoms with E-state index in [1.54, 1.807) is 18.9 Å². The van der Waals surface area contributed by atoms with Gasteiger partial charge >= 0.3 is 0 Å². The number of hydrogen-bond donors (Lipinski definition) is 0. The Morgan fingerprint density at radius 3 is 2.71 bits per heavy atom. The van der Waals surface area contributed by atoms with Crippen LogP contribution in [0.2, 0.25) is 0 Å². The van der Waals surface area contributed by atoms with Gasteiger partial charge < -0.3 is 4.74 Å². The highest BCUT2D eigenvalue weighted by Crippen LogP contribution is 2.30. The zero-order valence-electron chi connectivity index (χ0n) is 10.3. The van der Waals surface area contributed by atoms with Crippen molar-refractivity contribution < 1.29 is 13.2 Å². The van der Waals surface area contributed by atoms with Gasteiger partial charge in [-0.1, -0.05) is 12.1 Å². The molecule has 1 aromatic carbocycles. The van der Waals surface area contributed by atoms with Crippen molar-refractivity contribution in [2.24, 2.45) is 0 Å². The molecule has 1 rings (SSSR count). The Kier molecular flexibility index (Phi) is 5.33. The topological polar surface area (TPSA) is 43.4 Å². The molecule has 0 aliphatic heterocycles. The Bertz CT molecular complexity index is 455. The van der Waals surface area contributed by atoms with Crippen LogP contribution in [0.15, 0.2) is 24.3 Å². The molecule has 0 radical (unpaired) electrons. The molecule has 0 aliphatic carbocycles. The minimum atomic E-state index is -2.86. The molecular weight excluding hydrogens is 256 g/mol. The number of benzene rings is 1. The van der Waals surface area contributed by atoms with Crippen molar-refractivity contribution >= 4 is 21.6 Å². The molecule has 17 heavy (non-hydrogen) atoms. The van der Waals surface area contributed by atoms with Crippen LogP contribution in [-0.2, 0) is 9.84 Å². The lowest BCUT2D eigenvalue weighted by atomic mass is 10.1. The van der Waals surface area contributed by atoms with Crippen LogP contribution in [0.25, 0.3) is 0 Å². The lowest BCUT2D eigenvalue weighted by Gasteiger charge is -2.12. The van der Waals surface area contributed by atoms with Crippen molar-refractivity contribution in [1.29, 1.82) is 0 Å². The molecule has 5 heteroatoms. The average Bonchev–Trinajstić information content (AvgIpc) is 2.27. The maximum absolute atomic E-state index is 11.0. The summed E-state index contributed by atoms with van der Waals surface area (Å²) in [5, 5.41) is 0.270. The van der Waals surface area contributed by atoms with Crippen LogP contribution >= 0.6 is 11.8 Å². The maximum Gasteiger partial charge on any atom is 0.148 e. The van der Waals surface area contributed by atoms with Crippen LogP contribution in [-0.4, -0.2) is 33.3 Å². The smallest absolute Gasteiger partial charge is 0.148 e. The van der Waals surface area contributed by atoms with Crippen molar-refractivity contribution in [2.45, 2.75) is 12.2 Å². The van der Waals surface area contributed by atoms with Crippen LogP contribution in [0, 0.1) is 0 Å². The highest BCUT2D eigenvalue weighted by atomic mass is 32.2. The van der Waals surface area contributed by atoms with Crippen molar-refractivity contribution in [2.75, 3.05) is 24.9 Å². The highest BCUT2D eigenvalue weighted by molar-refractivity contribution is 8.00. The van der Waals surface area contributed by atoms with E-state index in [1.165, 1.54) is 6.26 Å². The van der Waals surface area contributed by atoms with Gasteiger partial charge in [0, 0.05) is 17.3 Å². The molecular formula is C12H18O3S2. The lowest BCUT2D eigenvalue weighted by Crippen LogP contribution is -2.06. The number of hydrogen-bond acceptors (Lipinski definition) is 4. The molecule has 1 atom stereocenters. The summed E-state index contributed by atoms with van der Waals surface area (Å²) in [6, 6.07) is 7.86. The normalized spacial score (nSPS) is 13.4. The molecule has 0 saturated heterocycles. The van der Waals surface area contributed by atoms with Gasteiger partial charge in [-0.25, -0.2) is 8.42 Å². The first-order valence-electron chi connectivity index (χ1n) is 5.35. The maximum atomic E-state index is 11.0. The first-order chi connectivity index (χ1) is 7.92. The SMILES string of the molecule is COc1cccc(C(C)SCCS(C)(=O)=O)c1. The van der Waals surface area contributed by atoms with E-state index >= 15 is 0 Å². The molecule has 0 saturated carbocycles. The molecule has 1 unspecified atom stereocenters. The van der Waals surface area contributed by atoms with Gasteiger partial charge in [0.1, 0.15) is 15.6 Å². The molecule has 0 heterocycles. The van der Waals surface area contributed by atoms with Gasteiger partial charge in [-0.3, -0.25) is 0 Å². The number of thioether (sulfide) groups is 1. The van der Waals surface area contributed by atoms with Crippen molar-refractivity contribution in [3.8, 4) is 5.75 Å². The van der Waals surface area contributed by atoms with Gasteiger partial charge in [0.2, 0.25) is 0 Å². The quantitative estimate of drug-likeness (QED) is 0.799. The fourth-order valence-corrected chi connectivity index (χ4v) is 3.66. The third-order valence-corrected chi connectivity index (χ3v) is 4.80. The molecule has 3 nitrogen and oxygen atoms in total. The summed E-state index contributed by atoms with van der Waals surface area (Å²) in [6.45, 7) is 2.07. The van der Waals surface area contributed by atoms with Crippen molar-refractivity contribution in [1.82, 2.24) is 0 Å². The van der Waals surface area contributed by atoms with E-state index in [-0.39, 0.29) is 11.0 Å². The Hall–Kier alpha value is -0.680. The van der Waals surface area contributed by atoms with Crippen molar-refractivity contribution in [3.05, 3.63) is 29.8 Å². The van der Waals surface area contributed by atoms with E-state index in [4.69, 9.17) is 4.74 Å². The molecule has 0 aromatic heterocycles. The molecule has 96 valence electrons. The fraction of sp³-hybridized carbons (Fsp3) is 0.500. The summed E-state index contributed by atoms with van der Waals surface area (Å²) < 4.78 is 27.2. The first-order valence-corrected chi connectivity index (χ1v) is 8.46. The van der Waals surface area contributed by atoms with E-state index in [1.807, 2.05) is 24.3 Å². The van der Waals surface area contributed by atoms with Gasteiger partial charge in [0.25, 0.3) is 0 Å². The third kappa shape index (κ3) is 5.46. The molecule has 0 aliphatic rings. The Balaban J connectivity index is 2.54. The zero-order chi connectivity index (χ0) is 12.9. The predicted molar refractivity (Wildman–Crippen MR) is 73.6 cm³/mol. The largest absolute Gasteiger partial charge is 0.497 e. The van der Waals surface area contributed by atoms with Gasteiger partial charge in [-0.2, -0.15) is 11.8 Å². The summed E-state index contributed by atoms with van der Waals surface area (Å²) in [4.78, 5) is 0.